The van der Waals surface area contributed by atoms with Gasteiger partial charge < -0.3 is 14.3 Å². The van der Waals surface area contributed by atoms with Gasteiger partial charge in [-0.3, -0.25) is 0 Å². The van der Waals surface area contributed by atoms with Gasteiger partial charge in [0.2, 0.25) is 0 Å². The third-order valence-corrected chi connectivity index (χ3v) is 1.28. The number of hydrogen-bond donors (Lipinski definition) is 0. The first-order valence-electron chi connectivity index (χ1n) is 2.66. The van der Waals surface area contributed by atoms with E-state index in [0.29, 0.717) is 5.75 Å². The minimum absolute atomic E-state index is 0. The molecule has 1 aromatic rings. The standard InChI is InChI=1S/C6H5O3P.Sr/c7-10(8)9-6-4-2-1-3-5-6;/h1-5H;/q-2;+2. The van der Waals surface area contributed by atoms with Gasteiger partial charge in [0.25, 0.3) is 0 Å². The molecule has 0 radical (unpaired) electrons. The summed E-state index contributed by atoms with van der Waals surface area (Å²) in [6, 6.07) is 8.34. The van der Waals surface area contributed by atoms with Crippen molar-refractivity contribution in [3.63, 3.8) is 0 Å². The number of benzene rings is 1. The summed E-state index contributed by atoms with van der Waals surface area (Å²) in [4.78, 5) is 20.0. The average molecular weight is 244 g/mol. The smallest absolute Gasteiger partial charge is 0.810 e. The molecule has 0 unspecified atom stereocenters. The van der Waals surface area contributed by atoms with Gasteiger partial charge in [-0.2, -0.15) is 0 Å². The molecule has 0 spiro atoms. The SMILES string of the molecule is [O-]P([O-])Oc1ccccc1.[Sr+2]. The Balaban J connectivity index is 0.000001000. The van der Waals surface area contributed by atoms with Crippen LogP contribution in [0.5, 0.6) is 5.75 Å². The van der Waals surface area contributed by atoms with Crippen LogP contribution in [-0.2, 0) is 0 Å². The first kappa shape index (κ1) is 11.9. The van der Waals surface area contributed by atoms with Gasteiger partial charge in [-0.05, 0) is 12.1 Å². The Morgan fingerprint density at radius 1 is 1.09 bits per heavy atom. The van der Waals surface area contributed by atoms with E-state index in [1.54, 1.807) is 30.3 Å². The second-order valence-corrected chi connectivity index (χ2v) is 2.26. The van der Waals surface area contributed by atoms with E-state index >= 15 is 0 Å². The van der Waals surface area contributed by atoms with Crippen LogP contribution in [0.2, 0.25) is 0 Å². The van der Waals surface area contributed by atoms with Crippen LogP contribution in [0.15, 0.2) is 30.3 Å². The summed E-state index contributed by atoms with van der Waals surface area (Å²) in [6.07, 6.45) is 0. The maximum absolute atomic E-state index is 9.98. The normalized spacial score (nSPS) is 9.00. The Hall–Kier alpha value is 0.851. The topological polar surface area (TPSA) is 55.3 Å². The van der Waals surface area contributed by atoms with Gasteiger partial charge in [0, 0.05) is 0 Å². The van der Waals surface area contributed by atoms with Gasteiger partial charge in [-0.1, -0.05) is 26.8 Å². The summed E-state index contributed by atoms with van der Waals surface area (Å²) in [5.74, 6) is 0.346. The monoisotopic (exact) mass is 244 g/mol. The van der Waals surface area contributed by atoms with Gasteiger partial charge in [0.05, 0.1) is 0 Å². The number of hydrogen-bond acceptors (Lipinski definition) is 3. The largest absolute Gasteiger partial charge is 2.00 e. The number of rotatable bonds is 2. The van der Waals surface area contributed by atoms with Gasteiger partial charge in [-0.15, -0.1) is 0 Å². The van der Waals surface area contributed by atoms with Crippen LogP contribution < -0.4 is 14.3 Å². The van der Waals surface area contributed by atoms with Crippen molar-refractivity contribution in [3.05, 3.63) is 30.3 Å². The Morgan fingerprint density at radius 2 is 1.64 bits per heavy atom. The van der Waals surface area contributed by atoms with Crippen molar-refractivity contribution < 1.29 is 14.3 Å². The Labute approximate surface area is 103 Å². The molecule has 3 nitrogen and oxygen atoms in total. The molecule has 5 heteroatoms. The van der Waals surface area contributed by atoms with Crippen molar-refractivity contribution >= 4 is 54.1 Å². The van der Waals surface area contributed by atoms with Gasteiger partial charge in [0.15, 0.2) is 0 Å². The minimum atomic E-state index is -2.78. The van der Waals surface area contributed by atoms with Crippen LogP contribution in [0, 0.1) is 0 Å². The molecule has 0 bridgehead atoms. The molecule has 0 atom stereocenters. The molecule has 0 aliphatic carbocycles. The van der Waals surface area contributed by atoms with Gasteiger partial charge in [-0.25, -0.2) is 0 Å². The van der Waals surface area contributed by atoms with Crippen molar-refractivity contribution in [2.24, 2.45) is 0 Å². The van der Waals surface area contributed by atoms with Crippen LogP contribution in [0.4, 0.5) is 0 Å². The Morgan fingerprint density at radius 3 is 2.09 bits per heavy atom. The zero-order valence-corrected chi connectivity index (χ0v) is 10.1. The Bertz CT molecular complexity index is 192. The molecule has 0 saturated heterocycles. The molecule has 0 N–H and O–H groups in total. The molecule has 0 heterocycles. The summed E-state index contributed by atoms with van der Waals surface area (Å²) in [5.41, 5.74) is 0. The van der Waals surface area contributed by atoms with Crippen LogP contribution in [0.3, 0.4) is 0 Å². The molecule has 1 aromatic carbocycles. The summed E-state index contributed by atoms with van der Waals surface area (Å²) >= 11 is 0. The van der Waals surface area contributed by atoms with Crippen molar-refractivity contribution in [2.75, 3.05) is 0 Å². The maximum atomic E-state index is 9.98. The van der Waals surface area contributed by atoms with Crippen molar-refractivity contribution in [2.45, 2.75) is 0 Å². The van der Waals surface area contributed by atoms with Crippen molar-refractivity contribution in [3.8, 4) is 5.75 Å². The molecule has 0 aliphatic rings. The van der Waals surface area contributed by atoms with E-state index in [-0.39, 0.29) is 45.5 Å². The minimum Gasteiger partial charge on any atom is -0.810 e. The molecule has 0 saturated carbocycles. The van der Waals surface area contributed by atoms with Crippen LogP contribution in [0.1, 0.15) is 0 Å². The van der Waals surface area contributed by atoms with E-state index in [0.717, 1.165) is 0 Å². The Kier molecular flexibility index (Phi) is 6.87. The van der Waals surface area contributed by atoms with E-state index in [1.165, 1.54) is 0 Å². The molecule has 1 rings (SSSR count). The first-order valence-corrected chi connectivity index (χ1v) is 3.76. The quantitative estimate of drug-likeness (QED) is 0.526. The molecule has 0 amide bonds. The van der Waals surface area contributed by atoms with Gasteiger partial charge in [0.1, 0.15) is 5.75 Å². The zero-order valence-electron chi connectivity index (χ0n) is 5.77. The van der Waals surface area contributed by atoms with Crippen LogP contribution in [-0.4, -0.2) is 45.5 Å². The fourth-order valence-corrected chi connectivity index (χ4v) is 0.861. The zero-order chi connectivity index (χ0) is 7.40. The summed E-state index contributed by atoms with van der Waals surface area (Å²) in [7, 11) is -2.78. The second-order valence-electron chi connectivity index (χ2n) is 1.63. The summed E-state index contributed by atoms with van der Waals surface area (Å²) in [5, 5.41) is 0. The maximum Gasteiger partial charge on any atom is 2.00 e. The van der Waals surface area contributed by atoms with Gasteiger partial charge >= 0.3 is 45.5 Å². The van der Waals surface area contributed by atoms with E-state index in [4.69, 9.17) is 0 Å². The second kappa shape index (κ2) is 6.38. The average Bonchev–Trinajstić information content (AvgIpc) is 1.88. The predicted molar refractivity (Wildman–Crippen MR) is 39.7 cm³/mol. The fraction of sp³-hybridized carbons (Fsp3) is 0. The molecule has 0 fully saturated rings. The molecule has 0 aliphatic heterocycles. The van der Waals surface area contributed by atoms with E-state index in [2.05, 4.69) is 4.52 Å². The molecular formula is C6H5O3PSr. The predicted octanol–water partition coefficient (Wildman–Crippen LogP) is -0.368. The van der Waals surface area contributed by atoms with Crippen LogP contribution in [0.25, 0.3) is 0 Å². The van der Waals surface area contributed by atoms with E-state index in [9.17, 15) is 9.79 Å². The fourth-order valence-electron chi connectivity index (χ4n) is 0.567. The number of para-hydroxylation sites is 1. The van der Waals surface area contributed by atoms with Crippen molar-refractivity contribution in [1.29, 1.82) is 0 Å². The van der Waals surface area contributed by atoms with E-state index in [1.807, 2.05) is 0 Å². The van der Waals surface area contributed by atoms with E-state index < -0.39 is 8.60 Å². The molecule has 0 aromatic heterocycles. The third-order valence-electron chi connectivity index (χ3n) is 0.923. The molecule has 11 heavy (non-hydrogen) atoms. The van der Waals surface area contributed by atoms with Crippen molar-refractivity contribution in [1.82, 2.24) is 0 Å². The molecule has 54 valence electrons. The first-order chi connectivity index (χ1) is 4.79. The molecular weight excluding hydrogens is 239 g/mol. The summed E-state index contributed by atoms with van der Waals surface area (Å²) < 4.78 is 4.37. The summed E-state index contributed by atoms with van der Waals surface area (Å²) in [6.45, 7) is 0. The van der Waals surface area contributed by atoms with Crippen LogP contribution >= 0.6 is 8.60 Å². The third kappa shape index (κ3) is 5.15.